The number of methoxy groups -OCH3 is 1. The molecule has 3 N–H and O–H groups in total. The highest BCUT2D eigenvalue weighted by molar-refractivity contribution is 5.77. The number of aliphatic hydroxyl groups excluding tert-OH is 1. The van der Waals surface area contributed by atoms with Crippen molar-refractivity contribution >= 4 is 5.91 Å². The first-order valence-corrected chi connectivity index (χ1v) is 6.20. The van der Waals surface area contributed by atoms with Gasteiger partial charge in [-0.25, -0.2) is 0 Å². The van der Waals surface area contributed by atoms with Crippen LogP contribution in [-0.4, -0.2) is 50.5 Å². The summed E-state index contributed by atoms with van der Waals surface area (Å²) in [7, 11) is 1.55. The Hall–Kier alpha value is -0.650. The van der Waals surface area contributed by atoms with E-state index in [0.717, 1.165) is 13.0 Å². The van der Waals surface area contributed by atoms with Crippen LogP contribution in [0.15, 0.2) is 0 Å². The van der Waals surface area contributed by atoms with Crippen molar-refractivity contribution in [2.45, 2.75) is 32.8 Å². The molecule has 0 aliphatic rings. The topological polar surface area (TPSA) is 70.6 Å². The smallest absolute Gasteiger partial charge is 0.233 e. The summed E-state index contributed by atoms with van der Waals surface area (Å²) in [5.74, 6) is 0.610. The zero-order chi connectivity index (χ0) is 13.1. The Morgan fingerprint density at radius 3 is 2.59 bits per heavy atom. The van der Waals surface area contributed by atoms with E-state index in [2.05, 4.69) is 24.5 Å². The van der Waals surface area contributed by atoms with Gasteiger partial charge in [0.25, 0.3) is 0 Å². The summed E-state index contributed by atoms with van der Waals surface area (Å²) in [6.07, 6.45) is 1.13. The van der Waals surface area contributed by atoms with E-state index in [1.54, 1.807) is 7.11 Å². The van der Waals surface area contributed by atoms with Gasteiger partial charge in [-0.3, -0.25) is 4.79 Å². The fourth-order valence-corrected chi connectivity index (χ4v) is 1.31. The van der Waals surface area contributed by atoms with Crippen LogP contribution in [0.2, 0.25) is 0 Å². The quantitative estimate of drug-likeness (QED) is 0.479. The van der Waals surface area contributed by atoms with Gasteiger partial charge in [0, 0.05) is 13.7 Å². The molecule has 0 aromatic heterocycles. The van der Waals surface area contributed by atoms with E-state index in [0.29, 0.717) is 32.0 Å². The Morgan fingerprint density at radius 1 is 1.29 bits per heavy atom. The molecular weight excluding hydrogens is 220 g/mol. The molecule has 1 unspecified atom stereocenters. The number of carbonyl (C=O) groups is 1. The van der Waals surface area contributed by atoms with Gasteiger partial charge >= 0.3 is 0 Å². The molecule has 5 heteroatoms. The fraction of sp³-hybridized carbons (Fsp3) is 0.917. The van der Waals surface area contributed by atoms with Gasteiger partial charge in [-0.2, -0.15) is 0 Å². The number of amides is 1. The molecule has 0 spiro atoms. The van der Waals surface area contributed by atoms with Crippen molar-refractivity contribution in [2.24, 2.45) is 5.92 Å². The van der Waals surface area contributed by atoms with Crippen molar-refractivity contribution in [2.75, 3.05) is 33.4 Å². The molecule has 0 aliphatic heterocycles. The minimum atomic E-state index is -0.462. The molecular formula is C12H26N2O3. The van der Waals surface area contributed by atoms with Gasteiger partial charge < -0.3 is 20.5 Å². The summed E-state index contributed by atoms with van der Waals surface area (Å²) >= 11 is 0. The molecule has 102 valence electrons. The molecule has 0 radical (unpaired) electrons. The van der Waals surface area contributed by atoms with Crippen LogP contribution in [0.4, 0.5) is 0 Å². The van der Waals surface area contributed by atoms with Gasteiger partial charge in [-0.15, -0.1) is 0 Å². The molecule has 0 bridgehead atoms. The van der Waals surface area contributed by atoms with Crippen LogP contribution in [-0.2, 0) is 9.53 Å². The van der Waals surface area contributed by atoms with Gasteiger partial charge in [-0.1, -0.05) is 13.8 Å². The Labute approximate surface area is 104 Å². The number of rotatable bonds is 10. The molecule has 0 saturated heterocycles. The minimum absolute atomic E-state index is 0.00637. The zero-order valence-electron chi connectivity index (χ0n) is 11.2. The molecule has 1 atom stereocenters. The lowest BCUT2D eigenvalue weighted by Gasteiger charge is -2.10. The van der Waals surface area contributed by atoms with E-state index in [1.165, 1.54) is 0 Å². The number of carbonyl (C=O) groups excluding carboxylic acids is 1. The van der Waals surface area contributed by atoms with Crippen molar-refractivity contribution in [3.05, 3.63) is 0 Å². The third-order valence-electron chi connectivity index (χ3n) is 2.34. The van der Waals surface area contributed by atoms with E-state index in [4.69, 9.17) is 4.74 Å². The van der Waals surface area contributed by atoms with Crippen LogP contribution in [0.3, 0.4) is 0 Å². The largest absolute Gasteiger partial charge is 0.391 e. The summed E-state index contributed by atoms with van der Waals surface area (Å²) < 4.78 is 4.80. The first-order chi connectivity index (χ1) is 8.06. The maximum absolute atomic E-state index is 11.3. The first kappa shape index (κ1) is 16.4. The predicted octanol–water partition coefficient (Wildman–Crippen LogP) is 0.136. The Balaban J connectivity index is 3.33. The van der Waals surface area contributed by atoms with E-state index in [-0.39, 0.29) is 5.91 Å². The lowest BCUT2D eigenvalue weighted by molar-refractivity contribution is -0.120. The summed E-state index contributed by atoms with van der Waals surface area (Å²) in [6, 6.07) is 0. The standard InChI is InChI=1S/C12H26N2O3/c1-10(2)4-7-14-12(16)8-13-6-5-11(15)9-17-3/h10-11,13,15H,4-9H2,1-3H3,(H,14,16). The van der Waals surface area contributed by atoms with Crippen LogP contribution in [0.25, 0.3) is 0 Å². The van der Waals surface area contributed by atoms with Gasteiger partial charge in [0.1, 0.15) is 0 Å². The van der Waals surface area contributed by atoms with Crippen LogP contribution in [0.5, 0.6) is 0 Å². The average molecular weight is 246 g/mol. The number of hydrogen-bond acceptors (Lipinski definition) is 4. The second kappa shape index (κ2) is 10.5. The predicted molar refractivity (Wildman–Crippen MR) is 67.8 cm³/mol. The Kier molecular flexibility index (Phi) is 10.1. The van der Waals surface area contributed by atoms with Crippen LogP contribution in [0.1, 0.15) is 26.7 Å². The van der Waals surface area contributed by atoms with E-state index in [1.807, 2.05) is 0 Å². The molecule has 0 heterocycles. The monoisotopic (exact) mass is 246 g/mol. The van der Waals surface area contributed by atoms with Crippen molar-refractivity contribution in [1.29, 1.82) is 0 Å². The second-order valence-electron chi connectivity index (χ2n) is 4.61. The molecule has 0 aromatic rings. The third kappa shape index (κ3) is 11.6. The fourth-order valence-electron chi connectivity index (χ4n) is 1.31. The van der Waals surface area contributed by atoms with E-state index in [9.17, 15) is 9.90 Å². The normalized spacial score (nSPS) is 12.8. The van der Waals surface area contributed by atoms with Crippen LogP contribution >= 0.6 is 0 Å². The second-order valence-corrected chi connectivity index (χ2v) is 4.61. The van der Waals surface area contributed by atoms with Crippen molar-refractivity contribution in [1.82, 2.24) is 10.6 Å². The van der Waals surface area contributed by atoms with Crippen LogP contribution < -0.4 is 10.6 Å². The first-order valence-electron chi connectivity index (χ1n) is 6.20. The maximum atomic E-state index is 11.3. The molecule has 5 nitrogen and oxygen atoms in total. The summed E-state index contributed by atoms with van der Waals surface area (Å²) in [6.45, 7) is 6.23. The van der Waals surface area contributed by atoms with Gasteiger partial charge in [-0.05, 0) is 25.3 Å². The molecule has 0 aromatic carbocycles. The molecule has 0 saturated carbocycles. The number of nitrogens with one attached hydrogen (secondary N) is 2. The van der Waals surface area contributed by atoms with Crippen LogP contribution in [0, 0.1) is 5.92 Å². The molecule has 1 amide bonds. The molecule has 0 rings (SSSR count). The highest BCUT2D eigenvalue weighted by atomic mass is 16.5. The lowest BCUT2D eigenvalue weighted by Crippen LogP contribution is -2.36. The third-order valence-corrected chi connectivity index (χ3v) is 2.34. The van der Waals surface area contributed by atoms with E-state index < -0.39 is 6.10 Å². The number of aliphatic hydroxyl groups is 1. The molecule has 0 aliphatic carbocycles. The zero-order valence-corrected chi connectivity index (χ0v) is 11.2. The highest BCUT2D eigenvalue weighted by Gasteiger charge is 2.04. The number of ether oxygens (including phenoxy) is 1. The van der Waals surface area contributed by atoms with Gasteiger partial charge in [0.2, 0.25) is 5.91 Å². The summed E-state index contributed by atoms with van der Waals surface area (Å²) in [5, 5.41) is 15.2. The summed E-state index contributed by atoms with van der Waals surface area (Å²) in [5.41, 5.74) is 0. The molecule has 0 fully saturated rings. The Morgan fingerprint density at radius 2 is 2.00 bits per heavy atom. The van der Waals surface area contributed by atoms with Gasteiger partial charge in [0.05, 0.1) is 19.3 Å². The van der Waals surface area contributed by atoms with Gasteiger partial charge in [0.15, 0.2) is 0 Å². The van der Waals surface area contributed by atoms with E-state index >= 15 is 0 Å². The lowest BCUT2D eigenvalue weighted by atomic mass is 10.1. The van der Waals surface area contributed by atoms with Crippen molar-refractivity contribution in [3.63, 3.8) is 0 Å². The Bertz CT molecular complexity index is 198. The highest BCUT2D eigenvalue weighted by Crippen LogP contribution is 1.95. The maximum Gasteiger partial charge on any atom is 0.233 e. The molecule has 17 heavy (non-hydrogen) atoms. The SMILES string of the molecule is COCC(O)CCNCC(=O)NCCC(C)C. The minimum Gasteiger partial charge on any atom is -0.391 e. The number of hydrogen-bond donors (Lipinski definition) is 3. The summed E-state index contributed by atoms with van der Waals surface area (Å²) in [4.78, 5) is 11.3. The van der Waals surface area contributed by atoms with Crippen molar-refractivity contribution in [3.8, 4) is 0 Å². The average Bonchev–Trinajstić information content (AvgIpc) is 2.24. The van der Waals surface area contributed by atoms with Crippen molar-refractivity contribution < 1.29 is 14.6 Å².